The molecule has 0 spiro atoms. The molecular weight excluding hydrogens is 729 g/mol. The van der Waals surface area contributed by atoms with E-state index >= 15 is 0 Å². The second kappa shape index (κ2) is 5.18. The van der Waals surface area contributed by atoms with Gasteiger partial charge in [0.15, 0.2) is 0 Å². The zero-order valence-electron chi connectivity index (χ0n) is 14.8. The third-order valence-corrected chi connectivity index (χ3v) is 19.3. The molecule has 3 heterocycles. The van der Waals surface area contributed by atoms with E-state index in [0.717, 1.165) is 6.92 Å². The Balaban J connectivity index is 2.14. The van der Waals surface area contributed by atoms with Gasteiger partial charge in [-0.15, -0.1) is 0 Å². The van der Waals surface area contributed by atoms with Gasteiger partial charge in [0.05, 0.1) is 0 Å². The Morgan fingerprint density at radius 1 is 1.28 bits per heavy atom. The topological polar surface area (TPSA) is 116 Å². The molecule has 25 heavy (non-hydrogen) atoms. The summed E-state index contributed by atoms with van der Waals surface area (Å²) in [4.78, 5) is 25.1. The number of rotatable bonds is 3. The Morgan fingerprint density at radius 2 is 1.80 bits per heavy atom. The Labute approximate surface area is 178 Å². The van der Waals surface area contributed by atoms with E-state index in [1.165, 1.54) is 0 Å². The van der Waals surface area contributed by atoms with E-state index in [4.69, 9.17) is 14.2 Å². The van der Waals surface area contributed by atoms with E-state index < -0.39 is 50.1 Å². The number of hydrogen-bond acceptors (Lipinski definition) is 7. The third-order valence-electron chi connectivity index (χ3n) is 6.70. The monoisotopic (exact) mass is 750 g/mol. The molecule has 3 rings (SSSR count). The molecule has 0 aliphatic carbocycles. The van der Waals surface area contributed by atoms with Crippen molar-refractivity contribution < 1.29 is 89.0 Å². The van der Waals surface area contributed by atoms with Crippen LogP contribution in [0.1, 0.15) is 34.6 Å². The van der Waals surface area contributed by atoms with Crippen molar-refractivity contribution in [2.24, 2.45) is 11.3 Å². The molecule has 8 nitrogen and oxygen atoms in total. The summed E-state index contributed by atoms with van der Waals surface area (Å²) in [7, 11) is -4.59. The molecule has 2 bridgehead atoms. The van der Waals surface area contributed by atoms with Gasteiger partial charge in [0.2, 0.25) is 0 Å². The summed E-state index contributed by atoms with van der Waals surface area (Å²) in [6.45, 7) is 8.29. The van der Waals surface area contributed by atoms with Gasteiger partial charge in [-0.3, -0.25) is 0 Å². The van der Waals surface area contributed by atoms with Crippen LogP contribution in [-0.4, -0.2) is 47.6 Å². The molecule has 3 aliphatic heterocycles. The first-order valence-electron chi connectivity index (χ1n) is 7.82. The SMILES string of the molecule is CC(C(=O)OC1(C)C2(C)OC(=O)C3C(C)(C)[C]1([Hg])O[C]32[Hg])S(=O)(=O)O. The molecule has 0 amide bonds. The van der Waals surface area contributed by atoms with Gasteiger partial charge in [0.1, 0.15) is 0 Å². The van der Waals surface area contributed by atoms with Crippen molar-refractivity contribution in [3.8, 4) is 0 Å². The summed E-state index contributed by atoms with van der Waals surface area (Å²) >= 11 is -0.124. The van der Waals surface area contributed by atoms with Crippen molar-refractivity contribution in [2.45, 2.75) is 57.3 Å². The maximum atomic E-state index is 12.6. The van der Waals surface area contributed by atoms with Gasteiger partial charge in [0.25, 0.3) is 0 Å². The zero-order chi connectivity index (χ0) is 19.4. The van der Waals surface area contributed by atoms with Crippen molar-refractivity contribution in [1.29, 1.82) is 0 Å². The predicted octanol–water partition coefficient (Wildman–Crippen LogP) is 0.0525. The number of hydrogen-bond donors (Lipinski definition) is 1. The summed E-state index contributed by atoms with van der Waals surface area (Å²) in [5.74, 6) is -1.83. The van der Waals surface area contributed by atoms with Crippen LogP contribution in [0.2, 0.25) is 0 Å². The molecule has 0 saturated carbocycles. The molecule has 0 radical (unpaired) electrons. The summed E-state index contributed by atoms with van der Waals surface area (Å²) in [6, 6.07) is 0. The molecule has 3 aliphatic rings. The van der Waals surface area contributed by atoms with Gasteiger partial charge >= 0.3 is 180 Å². The summed E-state index contributed by atoms with van der Waals surface area (Å²) in [5.41, 5.74) is -3.06. The molecule has 0 aromatic rings. The molecular formula is C14H18Hg2O8S. The van der Waals surface area contributed by atoms with Gasteiger partial charge < -0.3 is 0 Å². The Bertz CT molecular complexity index is 797. The second-order valence-electron chi connectivity index (χ2n) is 8.04. The molecule has 0 aromatic heterocycles. The minimum atomic E-state index is -4.59. The van der Waals surface area contributed by atoms with Crippen LogP contribution in [0, 0.1) is 11.3 Å². The van der Waals surface area contributed by atoms with E-state index in [1.807, 2.05) is 13.8 Å². The van der Waals surface area contributed by atoms with Crippen LogP contribution in [0.5, 0.6) is 0 Å². The standard InChI is InChI=1S/C14H18O8S.2Hg/c1-6(23(17,18)19)9(15)21-14(5)11-12(2,3)7-8(20-11)13(14,4)22-10(7)16;;/h6-7H,1-5H3,(H,17,18,19);;. The van der Waals surface area contributed by atoms with Crippen LogP contribution in [0.4, 0.5) is 0 Å². The fraction of sp³-hybridized carbons (Fsp3) is 0.857. The molecule has 3 saturated heterocycles. The van der Waals surface area contributed by atoms with Crippen molar-refractivity contribution in [3.05, 3.63) is 0 Å². The van der Waals surface area contributed by atoms with Crippen molar-refractivity contribution >= 4 is 22.1 Å². The van der Waals surface area contributed by atoms with E-state index in [0.29, 0.717) is 0 Å². The molecule has 6 unspecified atom stereocenters. The first kappa shape index (κ1) is 20.4. The number of fused-ring (bicyclic) bond motifs is 1. The molecule has 132 valence electrons. The first-order valence-corrected chi connectivity index (χ1v) is 14.8. The minimum absolute atomic E-state index is 0.0343. The van der Waals surface area contributed by atoms with Crippen LogP contribution >= 0.6 is 0 Å². The quantitative estimate of drug-likeness (QED) is 0.245. The van der Waals surface area contributed by atoms with Crippen LogP contribution < -0.4 is 0 Å². The van der Waals surface area contributed by atoms with E-state index in [-0.39, 0.29) is 58.2 Å². The fourth-order valence-electron chi connectivity index (χ4n) is 4.71. The molecule has 3 fully saturated rings. The van der Waals surface area contributed by atoms with Crippen LogP contribution in [-0.2, 0) is 86.2 Å². The van der Waals surface area contributed by atoms with E-state index in [9.17, 15) is 22.6 Å². The fourth-order valence-corrected chi connectivity index (χ4v) is 16.7. The average molecular weight is 748 g/mol. The number of carbonyl (C=O) groups is 2. The predicted molar refractivity (Wildman–Crippen MR) is 73.8 cm³/mol. The van der Waals surface area contributed by atoms with Gasteiger partial charge in [-0.25, -0.2) is 0 Å². The van der Waals surface area contributed by atoms with Gasteiger partial charge in [-0.2, -0.15) is 0 Å². The van der Waals surface area contributed by atoms with E-state index in [1.54, 1.807) is 13.8 Å². The molecule has 1 N–H and O–H groups in total. The van der Waals surface area contributed by atoms with Crippen LogP contribution in [0.3, 0.4) is 0 Å². The molecule has 6 atom stereocenters. The Kier molecular flexibility index (Phi) is 4.23. The summed E-state index contributed by atoms with van der Waals surface area (Å²) < 4.78 is 48.1. The number of carbonyl (C=O) groups excluding carboxylic acids is 2. The third kappa shape index (κ3) is 2.05. The van der Waals surface area contributed by atoms with E-state index in [2.05, 4.69) is 0 Å². The normalized spacial score (nSPS) is 48.4. The van der Waals surface area contributed by atoms with Gasteiger partial charge in [-0.1, -0.05) is 0 Å². The van der Waals surface area contributed by atoms with Crippen LogP contribution in [0.15, 0.2) is 0 Å². The van der Waals surface area contributed by atoms with Gasteiger partial charge in [-0.05, 0) is 0 Å². The summed E-state index contributed by atoms with van der Waals surface area (Å²) in [5, 5.41) is -1.73. The number of esters is 2. The summed E-state index contributed by atoms with van der Waals surface area (Å²) in [6.07, 6.45) is 0. The second-order valence-corrected chi connectivity index (χ2v) is 17.7. The first-order chi connectivity index (χ1) is 11.0. The van der Waals surface area contributed by atoms with Crippen molar-refractivity contribution in [2.75, 3.05) is 0 Å². The van der Waals surface area contributed by atoms with Crippen LogP contribution in [0.25, 0.3) is 0 Å². The molecule has 0 aromatic carbocycles. The zero-order valence-corrected chi connectivity index (χ0v) is 26.6. The maximum absolute atomic E-state index is 12.6. The van der Waals surface area contributed by atoms with Crippen molar-refractivity contribution in [3.63, 3.8) is 0 Å². The molecule has 11 heteroatoms. The average Bonchev–Trinajstić information content (AvgIpc) is 2.77. The number of ether oxygens (including phenoxy) is 3. The Hall–Kier alpha value is 0.680. The van der Waals surface area contributed by atoms with Gasteiger partial charge in [0, 0.05) is 0 Å². The Morgan fingerprint density at radius 3 is 2.28 bits per heavy atom. The van der Waals surface area contributed by atoms with Crippen molar-refractivity contribution in [1.82, 2.24) is 0 Å².